The van der Waals surface area contributed by atoms with Crippen LogP contribution in [0.1, 0.15) is 0 Å². The third-order valence-corrected chi connectivity index (χ3v) is 3.93. The minimum Gasteiger partial charge on any atom is -0.263 e. The van der Waals surface area contributed by atoms with Gasteiger partial charge in [-0.3, -0.25) is 4.72 Å². The molecule has 2 rings (SSSR count). The van der Waals surface area contributed by atoms with Crippen molar-refractivity contribution in [2.75, 3.05) is 4.72 Å². The minimum absolute atomic E-state index is 0.168. The summed E-state index contributed by atoms with van der Waals surface area (Å²) >= 11 is 11.0. The zero-order valence-corrected chi connectivity index (χ0v) is 12.1. The molecule has 1 aromatic carbocycles. The molecule has 0 atom stereocenters. The molecule has 112 valence electrons. The smallest absolute Gasteiger partial charge is 0.263 e. The largest absolute Gasteiger partial charge is 0.266 e. The van der Waals surface area contributed by atoms with Crippen LogP contribution < -0.4 is 4.72 Å². The van der Waals surface area contributed by atoms with Gasteiger partial charge < -0.3 is 0 Å². The van der Waals surface area contributed by atoms with E-state index in [0.717, 1.165) is 6.07 Å². The van der Waals surface area contributed by atoms with Crippen LogP contribution in [-0.2, 0) is 10.0 Å². The molecule has 5 nitrogen and oxygen atoms in total. The Kier molecular flexibility index (Phi) is 4.26. The van der Waals surface area contributed by atoms with Gasteiger partial charge in [0.15, 0.2) is 17.5 Å². The Morgan fingerprint density at radius 3 is 2.33 bits per heavy atom. The summed E-state index contributed by atoms with van der Waals surface area (Å²) in [4.78, 5) is 5.89. The van der Waals surface area contributed by atoms with Gasteiger partial charge in [0.1, 0.15) is 15.9 Å². The highest BCUT2D eigenvalue weighted by Gasteiger charge is 2.24. The lowest BCUT2D eigenvalue weighted by Crippen LogP contribution is -2.16. The average Bonchev–Trinajstić information content (AvgIpc) is 2.33. The molecule has 1 aromatic heterocycles. The number of hydrogen-bond acceptors (Lipinski definition) is 4. The van der Waals surface area contributed by atoms with Crippen molar-refractivity contribution in [1.82, 2.24) is 9.97 Å². The first-order chi connectivity index (χ1) is 9.70. The molecule has 0 bridgehead atoms. The van der Waals surface area contributed by atoms with Crippen LogP contribution in [0.3, 0.4) is 0 Å². The van der Waals surface area contributed by atoms with Gasteiger partial charge >= 0.3 is 0 Å². The van der Waals surface area contributed by atoms with E-state index in [4.69, 9.17) is 23.2 Å². The number of nitrogens with one attached hydrogen (secondary N) is 1. The van der Waals surface area contributed by atoms with Gasteiger partial charge in [-0.2, -0.15) is 4.98 Å². The molecule has 0 aliphatic rings. The van der Waals surface area contributed by atoms with Gasteiger partial charge in [0.25, 0.3) is 10.0 Å². The standard InChI is InChI=1S/C10H4Cl2F3N3O2S/c11-6-3-7(17-10(12)16-6)18-21(19,20)5-2-1-4(13)8(14)9(5)15/h1-3H,(H,16,17,18). The Bertz CT molecular complexity index is 797. The highest BCUT2D eigenvalue weighted by molar-refractivity contribution is 7.92. The van der Waals surface area contributed by atoms with Crippen LogP contribution >= 0.6 is 23.2 Å². The first-order valence-corrected chi connectivity index (χ1v) is 7.31. The third kappa shape index (κ3) is 3.36. The second-order valence-corrected chi connectivity index (χ2v) is 6.00. The summed E-state index contributed by atoms with van der Waals surface area (Å²) in [6, 6.07) is 2.05. The van der Waals surface area contributed by atoms with Gasteiger partial charge in [-0.1, -0.05) is 11.6 Å². The van der Waals surface area contributed by atoms with E-state index in [9.17, 15) is 21.6 Å². The van der Waals surface area contributed by atoms with E-state index in [1.165, 1.54) is 0 Å². The van der Waals surface area contributed by atoms with E-state index in [1.54, 1.807) is 0 Å². The van der Waals surface area contributed by atoms with Gasteiger partial charge in [-0.05, 0) is 23.7 Å². The number of rotatable bonds is 3. The van der Waals surface area contributed by atoms with Gasteiger partial charge in [0.2, 0.25) is 5.28 Å². The quantitative estimate of drug-likeness (QED) is 0.520. The average molecular weight is 358 g/mol. The molecule has 1 N–H and O–H groups in total. The molecule has 0 spiro atoms. The molecule has 11 heteroatoms. The number of halogens is 5. The van der Waals surface area contributed by atoms with E-state index in [-0.39, 0.29) is 16.3 Å². The van der Waals surface area contributed by atoms with E-state index >= 15 is 0 Å². The molecular weight excluding hydrogens is 354 g/mol. The Morgan fingerprint density at radius 2 is 1.71 bits per heavy atom. The predicted octanol–water partition coefficient (Wildman–Crippen LogP) is 3.00. The molecule has 1 heterocycles. The fourth-order valence-electron chi connectivity index (χ4n) is 1.35. The SMILES string of the molecule is O=S(=O)(Nc1cc(Cl)nc(Cl)n1)c1ccc(F)c(F)c1F. The van der Waals surface area contributed by atoms with Gasteiger partial charge in [0, 0.05) is 6.07 Å². The highest BCUT2D eigenvalue weighted by Crippen LogP contribution is 2.23. The van der Waals surface area contributed by atoms with Crippen LogP contribution in [0, 0.1) is 17.5 Å². The molecule has 21 heavy (non-hydrogen) atoms. The topological polar surface area (TPSA) is 72.0 Å². The van der Waals surface area contributed by atoms with Crippen LogP contribution in [0.25, 0.3) is 0 Å². The first kappa shape index (κ1) is 15.8. The number of sulfonamides is 1. The van der Waals surface area contributed by atoms with Gasteiger partial charge in [-0.25, -0.2) is 26.6 Å². The van der Waals surface area contributed by atoms with Gasteiger partial charge in [-0.15, -0.1) is 0 Å². The Balaban J connectivity index is 2.46. The van der Waals surface area contributed by atoms with Crippen molar-refractivity contribution < 1.29 is 21.6 Å². The van der Waals surface area contributed by atoms with Crippen molar-refractivity contribution in [3.8, 4) is 0 Å². The molecule has 0 saturated heterocycles. The molecule has 0 unspecified atom stereocenters. The maximum atomic E-state index is 13.5. The van der Waals surface area contributed by atoms with Crippen LogP contribution in [0.2, 0.25) is 10.4 Å². The second kappa shape index (κ2) is 5.66. The maximum absolute atomic E-state index is 13.5. The highest BCUT2D eigenvalue weighted by atomic mass is 35.5. The lowest BCUT2D eigenvalue weighted by atomic mass is 10.3. The van der Waals surface area contributed by atoms with Crippen molar-refractivity contribution in [3.63, 3.8) is 0 Å². The summed E-state index contributed by atoms with van der Waals surface area (Å²) in [5.41, 5.74) is 0. The van der Waals surface area contributed by atoms with E-state index < -0.39 is 32.4 Å². The molecule has 2 aromatic rings. The maximum Gasteiger partial charge on any atom is 0.266 e. The number of hydrogen-bond donors (Lipinski definition) is 1. The Labute approximate surface area is 126 Å². The van der Waals surface area contributed by atoms with Crippen LogP contribution in [0.4, 0.5) is 19.0 Å². The lowest BCUT2D eigenvalue weighted by Gasteiger charge is -2.09. The van der Waals surface area contributed by atoms with Crippen LogP contribution in [0.5, 0.6) is 0 Å². The summed E-state index contributed by atoms with van der Waals surface area (Å²) in [5, 5.41) is -0.524. The number of nitrogens with zero attached hydrogens (tertiary/aromatic N) is 2. The zero-order chi connectivity index (χ0) is 15.8. The van der Waals surface area contributed by atoms with Crippen molar-refractivity contribution in [1.29, 1.82) is 0 Å². The number of benzene rings is 1. The minimum atomic E-state index is -4.56. The fraction of sp³-hybridized carbons (Fsp3) is 0. The Morgan fingerprint density at radius 1 is 1.05 bits per heavy atom. The molecule has 0 aliphatic carbocycles. The number of aromatic nitrogens is 2. The van der Waals surface area contributed by atoms with Crippen molar-refractivity contribution >= 4 is 39.0 Å². The van der Waals surface area contributed by atoms with E-state index in [1.807, 2.05) is 4.72 Å². The van der Waals surface area contributed by atoms with E-state index in [0.29, 0.717) is 12.1 Å². The third-order valence-electron chi connectivity index (χ3n) is 2.20. The summed E-state index contributed by atoms with van der Waals surface area (Å²) in [6.07, 6.45) is 0. The molecule has 0 amide bonds. The molecule has 0 fully saturated rings. The van der Waals surface area contributed by atoms with Crippen LogP contribution in [0.15, 0.2) is 23.1 Å². The Hall–Kier alpha value is -1.58. The molecule has 0 aliphatic heterocycles. The summed E-state index contributed by atoms with van der Waals surface area (Å²) in [7, 11) is -4.56. The van der Waals surface area contributed by atoms with Gasteiger partial charge in [0.05, 0.1) is 0 Å². The van der Waals surface area contributed by atoms with Crippen molar-refractivity contribution in [2.24, 2.45) is 0 Å². The first-order valence-electron chi connectivity index (χ1n) is 5.07. The van der Waals surface area contributed by atoms with Crippen molar-refractivity contribution in [2.45, 2.75) is 4.90 Å². The van der Waals surface area contributed by atoms with Crippen LogP contribution in [-0.4, -0.2) is 18.4 Å². The summed E-state index contributed by atoms with van der Waals surface area (Å²) in [6.45, 7) is 0. The number of anilines is 1. The second-order valence-electron chi connectivity index (χ2n) is 3.62. The zero-order valence-electron chi connectivity index (χ0n) is 9.74. The predicted molar refractivity (Wildman–Crippen MR) is 69.2 cm³/mol. The summed E-state index contributed by atoms with van der Waals surface area (Å²) < 4.78 is 65.0. The molecular formula is C10H4Cl2F3N3O2S. The van der Waals surface area contributed by atoms with Crippen molar-refractivity contribution in [3.05, 3.63) is 46.1 Å². The molecule has 0 radical (unpaired) electrons. The normalized spacial score (nSPS) is 11.5. The molecule has 0 saturated carbocycles. The lowest BCUT2D eigenvalue weighted by molar-refractivity contribution is 0.432. The monoisotopic (exact) mass is 357 g/mol. The summed E-state index contributed by atoms with van der Waals surface area (Å²) in [5.74, 6) is -5.63. The fourth-order valence-corrected chi connectivity index (χ4v) is 2.82. The van der Waals surface area contributed by atoms with E-state index in [2.05, 4.69) is 9.97 Å².